The highest BCUT2D eigenvalue weighted by molar-refractivity contribution is 7.81. The quantitative estimate of drug-likeness (QED) is 0.523. The lowest BCUT2D eigenvalue weighted by Gasteiger charge is -2.34. The van der Waals surface area contributed by atoms with Gasteiger partial charge in [0.25, 0.3) is 0 Å². The van der Waals surface area contributed by atoms with Gasteiger partial charge in [0.1, 0.15) is 0 Å². The normalized spacial score (nSPS) is 27.1. The molecule has 1 heterocycles. The van der Waals surface area contributed by atoms with Crippen molar-refractivity contribution in [2.24, 2.45) is 0 Å². The summed E-state index contributed by atoms with van der Waals surface area (Å²) in [7, 11) is -0.837. The van der Waals surface area contributed by atoms with Crippen molar-refractivity contribution in [2.75, 3.05) is 6.66 Å². The summed E-state index contributed by atoms with van der Waals surface area (Å²) in [6, 6.07) is 0. The van der Waals surface area contributed by atoms with Crippen LogP contribution in [0.5, 0.6) is 0 Å². The van der Waals surface area contributed by atoms with Gasteiger partial charge in [0.15, 0.2) is 0 Å². The molecule has 1 fully saturated rings. The zero-order valence-corrected chi connectivity index (χ0v) is 11.6. The zero-order chi connectivity index (χ0) is 11.3. The molecule has 1 radical (unpaired) electrons. The molecular weight excluding hydrogens is 211 g/mol. The zero-order valence-electron chi connectivity index (χ0n) is 10.7. The molecular formula is C15H26P. The molecule has 1 heteroatoms. The molecule has 0 atom stereocenters. The van der Waals surface area contributed by atoms with Crippen LogP contribution in [0.4, 0.5) is 0 Å². The van der Waals surface area contributed by atoms with Crippen molar-refractivity contribution in [3.63, 3.8) is 0 Å². The van der Waals surface area contributed by atoms with Crippen LogP contribution < -0.4 is 0 Å². The lowest BCUT2D eigenvalue weighted by molar-refractivity contribution is 0.508. The van der Waals surface area contributed by atoms with Crippen molar-refractivity contribution in [1.29, 1.82) is 0 Å². The first-order valence-electron chi connectivity index (χ1n) is 7.04. The van der Waals surface area contributed by atoms with Crippen LogP contribution in [0, 0.1) is 0 Å². The second-order valence-electron chi connectivity index (χ2n) is 5.61. The van der Waals surface area contributed by atoms with E-state index in [0.29, 0.717) is 0 Å². The van der Waals surface area contributed by atoms with E-state index in [-0.39, 0.29) is 0 Å². The van der Waals surface area contributed by atoms with Crippen molar-refractivity contribution < 1.29 is 0 Å². The van der Waals surface area contributed by atoms with Gasteiger partial charge >= 0.3 is 0 Å². The summed E-state index contributed by atoms with van der Waals surface area (Å²) in [6.07, 6.45) is 17.9. The van der Waals surface area contributed by atoms with Gasteiger partial charge in [-0.15, -0.1) is 0 Å². The Balaban J connectivity index is 1.94. The van der Waals surface area contributed by atoms with Crippen LogP contribution in [0.2, 0.25) is 0 Å². The minimum atomic E-state index is -0.837. The van der Waals surface area contributed by atoms with Gasteiger partial charge in [-0.05, 0) is 25.2 Å². The third-order valence-electron chi connectivity index (χ3n) is 4.29. The lowest BCUT2D eigenvalue weighted by Crippen LogP contribution is -2.11. The molecule has 91 valence electrons. The average molecular weight is 237 g/mol. The Bertz CT molecular complexity index is 243. The van der Waals surface area contributed by atoms with Gasteiger partial charge in [0.2, 0.25) is 0 Å². The fraction of sp³-hybridized carbons (Fsp3) is 0.733. The Kier molecular flexibility index (Phi) is 4.65. The topological polar surface area (TPSA) is 0 Å². The Morgan fingerprint density at radius 3 is 1.69 bits per heavy atom. The van der Waals surface area contributed by atoms with Crippen LogP contribution >= 0.6 is 7.26 Å². The molecule has 0 aromatic rings. The molecule has 0 saturated heterocycles. The van der Waals surface area contributed by atoms with E-state index in [4.69, 9.17) is 0 Å². The van der Waals surface area contributed by atoms with Crippen LogP contribution in [0.1, 0.15) is 57.8 Å². The number of hydrogen-bond donors (Lipinski definition) is 0. The molecule has 1 saturated carbocycles. The summed E-state index contributed by atoms with van der Waals surface area (Å²) in [5, 5.41) is 0. The predicted molar refractivity (Wildman–Crippen MR) is 76.5 cm³/mol. The Morgan fingerprint density at radius 2 is 1.19 bits per heavy atom. The highest BCUT2D eigenvalue weighted by Gasteiger charge is 2.27. The molecule has 0 nitrogen and oxygen atoms in total. The predicted octanol–water partition coefficient (Wildman–Crippen LogP) is 5.57. The Morgan fingerprint density at radius 1 is 0.750 bits per heavy atom. The molecule has 0 amide bonds. The van der Waals surface area contributed by atoms with E-state index >= 15 is 0 Å². The maximum atomic E-state index is 2.53. The summed E-state index contributed by atoms with van der Waals surface area (Å²) in [5.74, 6) is 5.06. The van der Waals surface area contributed by atoms with E-state index < -0.39 is 7.26 Å². The number of hydrogen-bond acceptors (Lipinski definition) is 0. The standard InChI is InChI=1S/C15H26P/c1-16(13-9-10-14-16)15-11-7-5-3-2-4-6-8-12-15/h9-10,13-15H,2-8,11-12H2,1H3. The first-order valence-corrected chi connectivity index (χ1v) is 9.48. The van der Waals surface area contributed by atoms with Crippen molar-refractivity contribution in [2.45, 2.75) is 63.4 Å². The van der Waals surface area contributed by atoms with Crippen LogP contribution in [0.25, 0.3) is 0 Å². The second kappa shape index (κ2) is 6.01. The van der Waals surface area contributed by atoms with Gasteiger partial charge in [0.05, 0.1) is 0 Å². The summed E-state index contributed by atoms with van der Waals surface area (Å²) in [6.45, 7) is 2.53. The molecule has 0 bridgehead atoms. The van der Waals surface area contributed by atoms with E-state index in [1.54, 1.807) is 0 Å². The SMILES string of the molecule is C[P]1(C2CCCCCCCCC2)C=CC=C1. The minimum Gasteiger partial charge on any atom is -0.0848 e. The molecule has 16 heavy (non-hydrogen) atoms. The highest BCUT2D eigenvalue weighted by Crippen LogP contribution is 2.67. The van der Waals surface area contributed by atoms with E-state index in [0.717, 1.165) is 5.66 Å². The molecule has 2 rings (SSSR count). The maximum absolute atomic E-state index is 2.53. The van der Waals surface area contributed by atoms with Gasteiger partial charge in [-0.25, -0.2) is 0 Å². The highest BCUT2D eigenvalue weighted by atomic mass is 31.2. The van der Waals surface area contributed by atoms with Crippen molar-refractivity contribution >= 4 is 7.26 Å². The molecule has 0 unspecified atom stereocenters. The van der Waals surface area contributed by atoms with E-state index in [1.165, 1.54) is 57.8 Å². The van der Waals surface area contributed by atoms with E-state index in [2.05, 4.69) is 30.5 Å². The van der Waals surface area contributed by atoms with Gasteiger partial charge < -0.3 is 0 Å². The number of rotatable bonds is 1. The largest absolute Gasteiger partial charge is 0.0848 e. The smallest absolute Gasteiger partial charge is 0.0181 e. The monoisotopic (exact) mass is 237 g/mol. The Hall–Kier alpha value is -0.0900. The summed E-state index contributed by atoms with van der Waals surface area (Å²) in [4.78, 5) is 0. The van der Waals surface area contributed by atoms with Crippen LogP contribution in [-0.2, 0) is 0 Å². The number of allylic oxidation sites excluding steroid dienone is 2. The third-order valence-corrected chi connectivity index (χ3v) is 8.01. The van der Waals surface area contributed by atoms with Crippen LogP contribution in [0.15, 0.2) is 23.8 Å². The lowest BCUT2D eigenvalue weighted by atomic mass is 10.0. The van der Waals surface area contributed by atoms with Crippen LogP contribution in [-0.4, -0.2) is 12.3 Å². The molecule has 2 aliphatic rings. The van der Waals surface area contributed by atoms with Gasteiger partial charge in [0, 0.05) is 0 Å². The van der Waals surface area contributed by atoms with Crippen LogP contribution in [0.3, 0.4) is 0 Å². The van der Waals surface area contributed by atoms with Gasteiger partial charge in [-0.3, -0.25) is 0 Å². The minimum absolute atomic E-state index is 0.837. The average Bonchev–Trinajstić information content (AvgIpc) is 2.74. The van der Waals surface area contributed by atoms with E-state index in [1.807, 2.05) is 0 Å². The summed E-state index contributed by atoms with van der Waals surface area (Å²) < 4.78 is 0. The second-order valence-corrected chi connectivity index (χ2v) is 9.38. The first-order chi connectivity index (χ1) is 7.81. The van der Waals surface area contributed by atoms with Gasteiger partial charge in [-0.2, -0.15) is 0 Å². The molecule has 0 aromatic heterocycles. The fourth-order valence-electron chi connectivity index (χ4n) is 3.11. The molecule has 1 aliphatic carbocycles. The van der Waals surface area contributed by atoms with Crippen molar-refractivity contribution in [3.05, 3.63) is 23.8 Å². The Labute approximate surface area is 102 Å². The fourth-order valence-corrected chi connectivity index (χ4v) is 6.11. The summed E-state index contributed by atoms with van der Waals surface area (Å²) in [5.41, 5.74) is 1.00. The van der Waals surface area contributed by atoms with Crippen molar-refractivity contribution in [3.8, 4) is 0 Å². The molecule has 0 spiro atoms. The van der Waals surface area contributed by atoms with Gasteiger partial charge in [-0.1, -0.05) is 76.0 Å². The van der Waals surface area contributed by atoms with E-state index in [9.17, 15) is 0 Å². The molecule has 0 N–H and O–H groups in total. The van der Waals surface area contributed by atoms with Crippen molar-refractivity contribution in [1.82, 2.24) is 0 Å². The molecule has 0 aromatic carbocycles. The summed E-state index contributed by atoms with van der Waals surface area (Å²) >= 11 is 0. The maximum Gasteiger partial charge on any atom is -0.0181 e. The molecule has 1 aliphatic heterocycles. The third kappa shape index (κ3) is 3.20. The first kappa shape index (κ1) is 12.4.